The number of nitrogens with one attached hydrogen (secondary N) is 1. The fourth-order valence-electron chi connectivity index (χ4n) is 2.16. The molecule has 0 spiro atoms. The number of anilines is 2. The molecule has 0 aliphatic carbocycles. The van der Waals surface area contributed by atoms with Crippen molar-refractivity contribution < 1.29 is 0 Å². The fraction of sp³-hybridized carbons (Fsp3) is 0.0625. The summed E-state index contributed by atoms with van der Waals surface area (Å²) in [6.07, 6.45) is 3.68. The molecule has 19 heavy (non-hydrogen) atoms. The van der Waals surface area contributed by atoms with Crippen molar-refractivity contribution in [1.29, 1.82) is 0 Å². The van der Waals surface area contributed by atoms with E-state index >= 15 is 0 Å². The Morgan fingerprint density at radius 2 is 1.89 bits per heavy atom. The summed E-state index contributed by atoms with van der Waals surface area (Å²) in [5.74, 6) is 0. The lowest BCUT2D eigenvalue weighted by Gasteiger charge is -2.11. The zero-order valence-corrected chi connectivity index (χ0v) is 10.5. The topological polar surface area (TPSA) is 50.9 Å². The third-order valence-electron chi connectivity index (χ3n) is 3.21. The Balaban J connectivity index is 1.88. The van der Waals surface area contributed by atoms with E-state index in [0.29, 0.717) is 6.54 Å². The zero-order valence-electron chi connectivity index (χ0n) is 10.5. The van der Waals surface area contributed by atoms with Gasteiger partial charge >= 0.3 is 0 Å². The maximum atomic E-state index is 5.95. The number of fused-ring (bicyclic) bond motifs is 1. The van der Waals surface area contributed by atoms with Gasteiger partial charge in [0.15, 0.2) is 0 Å². The molecule has 0 saturated carbocycles. The molecule has 0 unspecified atom stereocenters. The standard InChI is InChI=1S/C16H15N3/c17-15-6-2-1-4-13(15)11-19-16-7-3-5-12-10-18-9-8-14(12)16/h1-10,19H,11,17H2. The van der Waals surface area contributed by atoms with E-state index in [4.69, 9.17) is 5.73 Å². The molecule has 3 rings (SSSR count). The zero-order chi connectivity index (χ0) is 13.1. The minimum absolute atomic E-state index is 0.716. The summed E-state index contributed by atoms with van der Waals surface area (Å²) in [5.41, 5.74) is 8.97. The smallest absolute Gasteiger partial charge is 0.0423 e. The van der Waals surface area contributed by atoms with Gasteiger partial charge in [-0.2, -0.15) is 0 Å². The lowest BCUT2D eigenvalue weighted by atomic mass is 10.1. The number of hydrogen-bond acceptors (Lipinski definition) is 3. The van der Waals surface area contributed by atoms with E-state index in [1.807, 2.05) is 48.8 Å². The summed E-state index contributed by atoms with van der Waals surface area (Å²) in [7, 11) is 0. The van der Waals surface area contributed by atoms with Gasteiger partial charge in [0.05, 0.1) is 0 Å². The Labute approximate surface area is 112 Å². The molecule has 0 saturated heterocycles. The van der Waals surface area contributed by atoms with Crippen molar-refractivity contribution in [3.63, 3.8) is 0 Å². The van der Waals surface area contributed by atoms with Crippen molar-refractivity contribution >= 4 is 22.1 Å². The molecule has 3 nitrogen and oxygen atoms in total. The molecule has 0 amide bonds. The van der Waals surface area contributed by atoms with Crippen LogP contribution in [0.25, 0.3) is 10.8 Å². The van der Waals surface area contributed by atoms with Gasteiger partial charge in [-0.05, 0) is 23.8 Å². The predicted molar refractivity (Wildman–Crippen MR) is 79.9 cm³/mol. The molecule has 0 radical (unpaired) electrons. The quantitative estimate of drug-likeness (QED) is 0.699. The van der Waals surface area contributed by atoms with E-state index in [9.17, 15) is 0 Å². The second-order valence-electron chi connectivity index (χ2n) is 4.45. The third-order valence-corrected chi connectivity index (χ3v) is 3.21. The highest BCUT2D eigenvalue weighted by Crippen LogP contribution is 2.23. The molecule has 2 aromatic carbocycles. The van der Waals surface area contributed by atoms with E-state index < -0.39 is 0 Å². The molecule has 94 valence electrons. The maximum Gasteiger partial charge on any atom is 0.0423 e. The van der Waals surface area contributed by atoms with Crippen molar-refractivity contribution in [1.82, 2.24) is 4.98 Å². The number of hydrogen-bond donors (Lipinski definition) is 2. The lowest BCUT2D eigenvalue weighted by Crippen LogP contribution is -2.03. The number of para-hydroxylation sites is 1. The highest BCUT2D eigenvalue weighted by atomic mass is 14.9. The first kappa shape index (κ1) is 11.5. The van der Waals surface area contributed by atoms with Gasteiger partial charge in [0.1, 0.15) is 0 Å². The van der Waals surface area contributed by atoms with Crippen molar-refractivity contribution in [3.05, 3.63) is 66.5 Å². The first-order valence-corrected chi connectivity index (χ1v) is 6.24. The van der Waals surface area contributed by atoms with E-state index in [0.717, 1.165) is 22.3 Å². The van der Waals surface area contributed by atoms with E-state index in [1.54, 1.807) is 0 Å². The molecule has 3 heteroatoms. The molecule has 0 aliphatic rings. The summed E-state index contributed by atoms with van der Waals surface area (Å²) in [5, 5.41) is 5.74. The Hall–Kier alpha value is -2.55. The van der Waals surface area contributed by atoms with Crippen LogP contribution >= 0.6 is 0 Å². The summed E-state index contributed by atoms with van der Waals surface area (Å²) >= 11 is 0. The highest BCUT2D eigenvalue weighted by molar-refractivity contribution is 5.93. The Bertz CT molecular complexity index is 702. The van der Waals surface area contributed by atoms with Crippen LogP contribution in [0.1, 0.15) is 5.56 Å². The number of benzene rings is 2. The first-order chi connectivity index (χ1) is 9.34. The van der Waals surface area contributed by atoms with E-state index in [1.165, 1.54) is 5.39 Å². The SMILES string of the molecule is Nc1ccccc1CNc1cccc2cnccc12. The number of nitrogens with two attached hydrogens (primary N) is 1. The van der Waals surface area contributed by atoms with Crippen LogP contribution in [0.2, 0.25) is 0 Å². The summed E-state index contributed by atoms with van der Waals surface area (Å²) < 4.78 is 0. The number of pyridine rings is 1. The third kappa shape index (κ3) is 2.36. The van der Waals surface area contributed by atoms with E-state index in [2.05, 4.69) is 22.4 Å². The molecule has 1 aromatic heterocycles. The molecule has 0 bridgehead atoms. The highest BCUT2D eigenvalue weighted by Gasteiger charge is 2.01. The molecule has 1 heterocycles. The van der Waals surface area contributed by atoms with Gasteiger partial charge in [-0.25, -0.2) is 0 Å². The van der Waals surface area contributed by atoms with Crippen molar-refractivity contribution in [2.75, 3.05) is 11.1 Å². The van der Waals surface area contributed by atoms with Gasteiger partial charge in [0.25, 0.3) is 0 Å². The van der Waals surface area contributed by atoms with Gasteiger partial charge < -0.3 is 11.1 Å². The molecular formula is C16H15N3. The molecule has 3 N–H and O–H groups in total. The van der Waals surface area contributed by atoms with Gasteiger partial charge in [-0.3, -0.25) is 4.98 Å². The minimum Gasteiger partial charge on any atom is -0.398 e. The Kier molecular flexibility index (Phi) is 3.02. The van der Waals surface area contributed by atoms with Gasteiger partial charge in [-0.1, -0.05) is 30.3 Å². The van der Waals surface area contributed by atoms with Crippen molar-refractivity contribution in [2.24, 2.45) is 0 Å². The van der Waals surface area contributed by atoms with Crippen LogP contribution in [0.3, 0.4) is 0 Å². The first-order valence-electron chi connectivity index (χ1n) is 6.24. The Morgan fingerprint density at radius 3 is 2.79 bits per heavy atom. The molecule has 0 atom stereocenters. The minimum atomic E-state index is 0.716. The maximum absolute atomic E-state index is 5.95. The monoisotopic (exact) mass is 249 g/mol. The van der Waals surface area contributed by atoms with Crippen LogP contribution < -0.4 is 11.1 Å². The fourth-order valence-corrected chi connectivity index (χ4v) is 2.16. The van der Waals surface area contributed by atoms with Gasteiger partial charge in [-0.15, -0.1) is 0 Å². The average molecular weight is 249 g/mol. The van der Waals surface area contributed by atoms with Crippen LogP contribution in [0.4, 0.5) is 11.4 Å². The van der Waals surface area contributed by atoms with Crippen molar-refractivity contribution in [3.8, 4) is 0 Å². The Morgan fingerprint density at radius 1 is 1.00 bits per heavy atom. The summed E-state index contributed by atoms with van der Waals surface area (Å²) in [6.45, 7) is 0.716. The number of aromatic nitrogens is 1. The molecule has 3 aromatic rings. The van der Waals surface area contributed by atoms with Crippen LogP contribution in [0.15, 0.2) is 60.9 Å². The lowest BCUT2D eigenvalue weighted by molar-refractivity contribution is 1.16. The van der Waals surface area contributed by atoms with Gasteiger partial charge in [0.2, 0.25) is 0 Å². The molecule has 0 aliphatic heterocycles. The molecular weight excluding hydrogens is 234 g/mol. The second-order valence-corrected chi connectivity index (χ2v) is 4.45. The van der Waals surface area contributed by atoms with E-state index in [-0.39, 0.29) is 0 Å². The van der Waals surface area contributed by atoms with Crippen LogP contribution in [-0.2, 0) is 6.54 Å². The number of nitrogen functional groups attached to an aromatic ring is 1. The summed E-state index contributed by atoms with van der Waals surface area (Å²) in [4.78, 5) is 4.14. The largest absolute Gasteiger partial charge is 0.398 e. The van der Waals surface area contributed by atoms with Crippen LogP contribution in [0, 0.1) is 0 Å². The van der Waals surface area contributed by atoms with Crippen LogP contribution in [0.5, 0.6) is 0 Å². The van der Waals surface area contributed by atoms with Crippen LogP contribution in [-0.4, -0.2) is 4.98 Å². The number of rotatable bonds is 3. The summed E-state index contributed by atoms with van der Waals surface area (Å²) in [6, 6.07) is 16.1. The predicted octanol–water partition coefficient (Wildman–Crippen LogP) is 3.43. The molecule has 0 fully saturated rings. The number of nitrogens with zero attached hydrogens (tertiary/aromatic N) is 1. The van der Waals surface area contributed by atoms with Gasteiger partial charge in [0, 0.05) is 41.1 Å². The second kappa shape index (κ2) is 4.98. The van der Waals surface area contributed by atoms with Crippen molar-refractivity contribution in [2.45, 2.75) is 6.54 Å². The normalized spacial score (nSPS) is 10.5. The average Bonchev–Trinajstić information content (AvgIpc) is 2.46.